The molecule has 1 heterocycles. The van der Waals surface area contributed by atoms with E-state index in [2.05, 4.69) is 4.72 Å². The number of carbonyl (C=O) groups excluding carboxylic acids is 2. The van der Waals surface area contributed by atoms with Crippen molar-refractivity contribution in [2.75, 3.05) is 13.2 Å². The van der Waals surface area contributed by atoms with E-state index in [1.54, 1.807) is 4.90 Å². The highest BCUT2D eigenvalue weighted by molar-refractivity contribution is 7.89. The lowest BCUT2D eigenvalue weighted by atomic mass is 9.97. The van der Waals surface area contributed by atoms with Crippen LogP contribution in [0.15, 0.2) is 29.2 Å². The summed E-state index contributed by atoms with van der Waals surface area (Å²) in [5.74, 6) is -1.72. The van der Waals surface area contributed by atoms with Crippen molar-refractivity contribution < 1.29 is 27.1 Å². The highest BCUT2D eigenvalue weighted by Crippen LogP contribution is 2.22. The van der Waals surface area contributed by atoms with Gasteiger partial charge in [-0.05, 0) is 57.4 Å². The highest BCUT2D eigenvalue weighted by atomic mass is 32.2. The lowest BCUT2D eigenvalue weighted by Gasteiger charge is -2.38. The van der Waals surface area contributed by atoms with E-state index >= 15 is 0 Å². The maximum Gasteiger partial charge on any atom is 0.321 e. The molecule has 1 aliphatic rings. The minimum Gasteiger partial charge on any atom is -0.455 e. The minimum absolute atomic E-state index is 0.0851. The molecule has 1 aromatic carbocycles. The van der Waals surface area contributed by atoms with Gasteiger partial charge in [0.05, 0.1) is 4.90 Å². The molecule has 0 saturated carbocycles. The Morgan fingerprint density at radius 3 is 2.35 bits per heavy atom. The number of hydrogen-bond acceptors (Lipinski definition) is 5. The zero-order valence-corrected chi connectivity index (χ0v) is 15.6. The molecular formula is C17H23FN2O5S. The number of halogens is 1. The highest BCUT2D eigenvalue weighted by Gasteiger charge is 2.29. The molecule has 1 saturated heterocycles. The molecule has 1 aromatic rings. The van der Waals surface area contributed by atoms with Gasteiger partial charge in [0, 0.05) is 12.1 Å². The van der Waals surface area contributed by atoms with Crippen molar-refractivity contribution in [3.63, 3.8) is 0 Å². The smallest absolute Gasteiger partial charge is 0.321 e. The summed E-state index contributed by atoms with van der Waals surface area (Å²) in [6, 6.07) is 4.36. The van der Waals surface area contributed by atoms with Crippen LogP contribution in [0.3, 0.4) is 0 Å². The number of carbonyl (C=O) groups is 2. The molecule has 1 fully saturated rings. The average molecular weight is 386 g/mol. The Morgan fingerprint density at radius 2 is 1.77 bits per heavy atom. The molecule has 0 spiro atoms. The van der Waals surface area contributed by atoms with Gasteiger partial charge in [-0.25, -0.2) is 12.8 Å². The Labute approximate surface area is 152 Å². The molecule has 0 unspecified atom stereocenters. The molecule has 0 aromatic heterocycles. The molecule has 26 heavy (non-hydrogen) atoms. The number of nitrogens with one attached hydrogen (secondary N) is 1. The molecule has 2 atom stereocenters. The lowest BCUT2D eigenvalue weighted by molar-refractivity contribution is -0.154. The minimum atomic E-state index is -3.96. The SMILES string of the molecule is C[C@H]1CCC[C@H](C)N1C(=O)COC(=O)CNS(=O)(=O)c1ccc(F)cc1. The van der Waals surface area contributed by atoms with Crippen LogP contribution in [0.2, 0.25) is 0 Å². The van der Waals surface area contributed by atoms with Crippen molar-refractivity contribution in [2.24, 2.45) is 0 Å². The number of hydrogen-bond donors (Lipinski definition) is 1. The van der Waals surface area contributed by atoms with Gasteiger partial charge in [-0.3, -0.25) is 9.59 Å². The molecular weight excluding hydrogens is 363 g/mol. The number of amides is 1. The van der Waals surface area contributed by atoms with E-state index in [-0.39, 0.29) is 22.9 Å². The van der Waals surface area contributed by atoms with Crippen LogP contribution in [-0.4, -0.2) is 50.4 Å². The van der Waals surface area contributed by atoms with Crippen molar-refractivity contribution in [3.05, 3.63) is 30.1 Å². The van der Waals surface area contributed by atoms with E-state index < -0.39 is 35.0 Å². The fourth-order valence-corrected chi connectivity index (χ4v) is 4.00. The first-order valence-corrected chi connectivity index (χ1v) is 9.91. The Bertz CT molecular complexity index is 741. The summed E-state index contributed by atoms with van der Waals surface area (Å²) in [6.45, 7) is 2.86. The van der Waals surface area contributed by atoms with Gasteiger partial charge >= 0.3 is 5.97 Å². The second-order valence-corrected chi connectivity index (χ2v) is 8.14. The van der Waals surface area contributed by atoms with Crippen molar-refractivity contribution in [1.29, 1.82) is 0 Å². The third-order valence-electron chi connectivity index (χ3n) is 4.37. The van der Waals surface area contributed by atoms with Gasteiger partial charge in [-0.15, -0.1) is 0 Å². The normalized spacial score (nSPS) is 20.7. The molecule has 0 aliphatic carbocycles. The van der Waals surface area contributed by atoms with Crippen LogP contribution >= 0.6 is 0 Å². The van der Waals surface area contributed by atoms with Gasteiger partial charge in [0.15, 0.2) is 6.61 Å². The van der Waals surface area contributed by atoms with Crippen LogP contribution in [0, 0.1) is 5.82 Å². The third kappa shape index (κ3) is 5.25. The monoisotopic (exact) mass is 386 g/mol. The van der Waals surface area contributed by atoms with E-state index in [9.17, 15) is 22.4 Å². The lowest BCUT2D eigenvalue weighted by Crippen LogP contribution is -2.49. The molecule has 1 amide bonds. The van der Waals surface area contributed by atoms with Gasteiger partial charge in [-0.1, -0.05) is 0 Å². The van der Waals surface area contributed by atoms with Crippen molar-refractivity contribution in [3.8, 4) is 0 Å². The predicted octanol–water partition coefficient (Wildman–Crippen LogP) is 1.44. The number of sulfonamides is 1. The van der Waals surface area contributed by atoms with Gasteiger partial charge in [0.25, 0.3) is 5.91 Å². The van der Waals surface area contributed by atoms with Gasteiger partial charge < -0.3 is 9.64 Å². The molecule has 7 nitrogen and oxygen atoms in total. The summed E-state index contributed by atoms with van der Waals surface area (Å²) in [5, 5.41) is 0. The van der Waals surface area contributed by atoms with Crippen LogP contribution < -0.4 is 4.72 Å². The molecule has 0 bridgehead atoms. The summed E-state index contributed by atoms with van der Waals surface area (Å²) in [6.07, 6.45) is 2.86. The maximum absolute atomic E-state index is 12.8. The van der Waals surface area contributed by atoms with Gasteiger partial charge in [0.2, 0.25) is 10.0 Å². The first-order valence-electron chi connectivity index (χ1n) is 8.42. The van der Waals surface area contributed by atoms with Crippen molar-refractivity contribution in [1.82, 2.24) is 9.62 Å². The first-order chi connectivity index (χ1) is 12.2. The largest absolute Gasteiger partial charge is 0.455 e. The van der Waals surface area contributed by atoms with E-state index in [4.69, 9.17) is 4.74 Å². The van der Waals surface area contributed by atoms with Crippen molar-refractivity contribution >= 4 is 21.9 Å². The maximum atomic E-state index is 12.8. The van der Waals surface area contributed by atoms with E-state index in [1.807, 2.05) is 13.8 Å². The number of likely N-dealkylation sites (tertiary alicyclic amines) is 1. The van der Waals surface area contributed by atoms with Gasteiger partial charge in [0.1, 0.15) is 12.4 Å². The van der Waals surface area contributed by atoms with Gasteiger partial charge in [-0.2, -0.15) is 4.72 Å². The Balaban J connectivity index is 1.83. The fourth-order valence-electron chi connectivity index (χ4n) is 3.03. The van der Waals surface area contributed by atoms with E-state index in [0.717, 1.165) is 43.5 Å². The zero-order valence-electron chi connectivity index (χ0n) is 14.8. The summed E-state index contributed by atoms with van der Waals surface area (Å²) in [5.41, 5.74) is 0. The summed E-state index contributed by atoms with van der Waals surface area (Å²) in [7, 11) is -3.96. The molecule has 0 radical (unpaired) electrons. The van der Waals surface area contributed by atoms with Crippen LogP contribution in [0.4, 0.5) is 4.39 Å². The second-order valence-electron chi connectivity index (χ2n) is 6.37. The fraction of sp³-hybridized carbons (Fsp3) is 0.529. The molecule has 1 N–H and O–H groups in total. The van der Waals surface area contributed by atoms with Crippen LogP contribution in [-0.2, 0) is 24.3 Å². The predicted molar refractivity (Wildman–Crippen MR) is 92.2 cm³/mol. The second kappa shape index (κ2) is 8.59. The summed E-state index contributed by atoms with van der Waals surface area (Å²) in [4.78, 5) is 25.5. The molecule has 1 aliphatic heterocycles. The first kappa shape index (κ1) is 20.3. The van der Waals surface area contributed by atoms with Crippen LogP contribution in [0.5, 0.6) is 0 Å². The Hall–Kier alpha value is -2.00. The zero-order chi connectivity index (χ0) is 19.3. The Morgan fingerprint density at radius 1 is 1.19 bits per heavy atom. The number of benzene rings is 1. The van der Waals surface area contributed by atoms with Crippen LogP contribution in [0.1, 0.15) is 33.1 Å². The van der Waals surface area contributed by atoms with E-state index in [0.29, 0.717) is 0 Å². The number of ether oxygens (including phenoxy) is 1. The summed E-state index contributed by atoms with van der Waals surface area (Å²) < 4.78 is 43.8. The average Bonchev–Trinajstić information content (AvgIpc) is 2.58. The van der Waals surface area contributed by atoms with E-state index in [1.165, 1.54) is 0 Å². The topological polar surface area (TPSA) is 92.8 Å². The third-order valence-corrected chi connectivity index (χ3v) is 5.79. The number of piperidine rings is 1. The number of rotatable bonds is 6. The number of esters is 1. The molecule has 2 rings (SSSR count). The van der Waals surface area contributed by atoms with Crippen molar-refractivity contribution in [2.45, 2.75) is 50.1 Å². The summed E-state index contributed by atoms with van der Waals surface area (Å²) >= 11 is 0. The molecule has 144 valence electrons. The number of nitrogens with zero attached hydrogens (tertiary/aromatic N) is 1. The standard InChI is InChI=1S/C17H23FN2O5S/c1-12-4-3-5-13(2)20(12)16(21)11-25-17(22)10-19-26(23,24)15-8-6-14(18)7-9-15/h6-9,12-13,19H,3-5,10-11H2,1-2H3/t12-,13-/m0/s1. The molecule has 9 heteroatoms. The van der Waals surface area contributed by atoms with Crippen LogP contribution in [0.25, 0.3) is 0 Å². The Kier molecular flexibility index (Phi) is 6.71. The quantitative estimate of drug-likeness (QED) is 0.747.